The van der Waals surface area contributed by atoms with Gasteiger partial charge in [-0.25, -0.2) is 4.68 Å². The Hall–Kier alpha value is -2.21. The first-order chi connectivity index (χ1) is 12.7. The van der Waals surface area contributed by atoms with Gasteiger partial charge in [0.1, 0.15) is 0 Å². The lowest BCUT2D eigenvalue weighted by molar-refractivity contribution is -0.120. The van der Waals surface area contributed by atoms with Crippen molar-refractivity contribution in [3.05, 3.63) is 41.7 Å². The molecule has 2 aromatic rings. The minimum Gasteiger partial charge on any atom is -0.354 e. The Morgan fingerprint density at radius 1 is 1.12 bits per heavy atom. The average Bonchev–Trinajstić information content (AvgIpc) is 2.86. The van der Waals surface area contributed by atoms with Gasteiger partial charge in [0.2, 0.25) is 5.91 Å². The second-order valence-electron chi connectivity index (χ2n) is 7.04. The number of para-hydroxylation sites is 1. The predicted octanol–water partition coefficient (Wildman–Crippen LogP) is 2.55. The molecule has 3 rings (SSSR count). The molecule has 140 valence electrons. The van der Waals surface area contributed by atoms with Crippen molar-refractivity contribution >= 4 is 5.91 Å². The van der Waals surface area contributed by atoms with E-state index in [1.165, 1.54) is 38.5 Å². The zero-order valence-electron chi connectivity index (χ0n) is 15.6. The van der Waals surface area contributed by atoms with Crippen molar-refractivity contribution in [2.75, 3.05) is 13.1 Å². The van der Waals surface area contributed by atoms with E-state index in [1.54, 1.807) is 4.68 Å². The summed E-state index contributed by atoms with van der Waals surface area (Å²) in [5.41, 5.74) is 2.59. The molecule has 1 aromatic carbocycles. The van der Waals surface area contributed by atoms with Crippen LogP contribution in [0.15, 0.2) is 30.3 Å². The van der Waals surface area contributed by atoms with Crippen LogP contribution in [0.1, 0.15) is 49.9 Å². The fourth-order valence-corrected chi connectivity index (χ4v) is 3.51. The average molecular weight is 355 g/mol. The maximum absolute atomic E-state index is 12.2. The van der Waals surface area contributed by atoms with Crippen molar-refractivity contribution in [2.24, 2.45) is 0 Å². The number of hydrogen-bond acceptors (Lipinski definition) is 4. The first-order valence-corrected chi connectivity index (χ1v) is 9.71. The zero-order valence-corrected chi connectivity index (χ0v) is 15.6. The Morgan fingerprint density at radius 3 is 2.58 bits per heavy atom. The highest BCUT2D eigenvalue weighted by Gasteiger charge is 2.14. The Balaban J connectivity index is 1.43. The lowest BCUT2D eigenvalue weighted by atomic mass is 10.1. The summed E-state index contributed by atoms with van der Waals surface area (Å²) in [5, 5.41) is 14.9. The molecule has 6 heteroatoms. The van der Waals surface area contributed by atoms with Crippen molar-refractivity contribution in [2.45, 2.75) is 57.9 Å². The zero-order chi connectivity index (χ0) is 18.2. The molecule has 1 fully saturated rings. The molecule has 26 heavy (non-hydrogen) atoms. The number of hydrogen-bond donors (Lipinski definition) is 2. The minimum atomic E-state index is -0.00382. The molecule has 1 amide bonds. The Labute approximate surface area is 155 Å². The van der Waals surface area contributed by atoms with Crippen LogP contribution < -0.4 is 10.6 Å². The SMILES string of the molecule is Cc1c(CC(=O)NCCNC2CCCCCC2)nnn1-c1ccccc1. The van der Waals surface area contributed by atoms with E-state index in [1.807, 2.05) is 37.3 Å². The monoisotopic (exact) mass is 355 g/mol. The summed E-state index contributed by atoms with van der Waals surface area (Å²) >= 11 is 0. The summed E-state index contributed by atoms with van der Waals surface area (Å²) in [7, 11) is 0. The van der Waals surface area contributed by atoms with Crippen molar-refractivity contribution in [1.29, 1.82) is 0 Å². The summed E-state index contributed by atoms with van der Waals surface area (Å²) in [4.78, 5) is 12.2. The van der Waals surface area contributed by atoms with E-state index in [4.69, 9.17) is 0 Å². The van der Waals surface area contributed by atoms with E-state index in [2.05, 4.69) is 20.9 Å². The Bertz CT molecular complexity index is 689. The highest BCUT2D eigenvalue weighted by atomic mass is 16.1. The molecular formula is C20H29N5O. The van der Waals surface area contributed by atoms with Gasteiger partial charge in [0.05, 0.1) is 23.5 Å². The number of rotatable bonds is 7. The standard InChI is InChI=1S/C20H29N5O/c1-16-19(23-24-25(16)18-11-7-4-8-12-18)15-20(26)22-14-13-21-17-9-5-2-3-6-10-17/h4,7-8,11-12,17,21H,2-3,5-6,9-10,13-15H2,1H3,(H,22,26). The molecule has 0 radical (unpaired) electrons. The lowest BCUT2D eigenvalue weighted by Crippen LogP contribution is -2.37. The van der Waals surface area contributed by atoms with Gasteiger partial charge in [-0.2, -0.15) is 0 Å². The van der Waals surface area contributed by atoms with Crippen molar-refractivity contribution < 1.29 is 4.79 Å². The third-order valence-electron chi connectivity index (χ3n) is 5.05. The second-order valence-corrected chi connectivity index (χ2v) is 7.04. The second kappa shape index (κ2) is 9.48. The van der Waals surface area contributed by atoms with Gasteiger partial charge < -0.3 is 10.6 Å². The molecule has 0 saturated heterocycles. The highest BCUT2D eigenvalue weighted by molar-refractivity contribution is 5.78. The summed E-state index contributed by atoms with van der Waals surface area (Å²) < 4.78 is 1.77. The number of amides is 1. The molecule has 1 aliphatic carbocycles. The summed E-state index contributed by atoms with van der Waals surface area (Å²) in [6.45, 7) is 3.43. The number of carbonyl (C=O) groups is 1. The van der Waals surface area contributed by atoms with Crippen molar-refractivity contribution in [3.8, 4) is 5.69 Å². The molecule has 0 spiro atoms. The van der Waals surface area contributed by atoms with Gasteiger partial charge in [0, 0.05) is 19.1 Å². The third-order valence-corrected chi connectivity index (χ3v) is 5.05. The lowest BCUT2D eigenvalue weighted by Gasteiger charge is -2.16. The number of nitrogens with one attached hydrogen (secondary N) is 2. The molecule has 1 heterocycles. The van der Waals surface area contributed by atoms with Crippen LogP contribution in [0.5, 0.6) is 0 Å². The van der Waals surface area contributed by atoms with Gasteiger partial charge in [-0.05, 0) is 31.9 Å². The summed E-state index contributed by atoms with van der Waals surface area (Å²) in [5.74, 6) is -0.00382. The number of benzene rings is 1. The fraction of sp³-hybridized carbons (Fsp3) is 0.550. The topological polar surface area (TPSA) is 71.8 Å². The van der Waals surface area contributed by atoms with Crippen LogP contribution in [0.4, 0.5) is 0 Å². The van der Waals surface area contributed by atoms with Crippen LogP contribution in [-0.4, -0.2) is 40.0 Å². The largest absolute Gasteiger partial charge is 0.354 e. The molecule has 1 saturated carbocycles. The van der Waals surface area contributed by atoms with Gasteiger partial charge in [-0.15, -0.1) is 5.10 Å². The molecular weight excluding hydrogens is 326 g/mol. The van der Waals surface area contributed by atoms with Crippen LogP contribution in [0, 0.1) is 6.92 Å². The molecule has 2 N–H and O–H groups in total. The normalized spacial score (nSPS) is 15.6. The van der Waals surface area contributed by atoms with E-state index in [-0.39, 0.29) is 12.3 Å². The fourth-order valence-electron chi connectivity index (χ4n) is 3.51. The molecule has 1 aromatic heterocycles. The van der Waals surface area contributed by atoms with E-state index in [0.29, 0.717) is 12.6 Å². The van der Waals surface area contributed by atoms with Crippen LogP contribution in [0.2, 0.25) is 0 Å². The van der Waals surface area contributed by atoms with Crippen LogP contribution in [0.25, 0.3) is 5.69 Å². The molecule has 0 unspecified atom stereocenters. The Morgan fingerprint density at radius 2 is 1.85 bits per heavy atom. The number of carbonyl (C=O) groups excluding carboxylic acids is 1. The van der Waals surface area contributed by atoms with E-state index < -0.39 is 0 Å². The smallest absolute Gasteiger partial charge is 0.226 e. The predicted molar refractivity (Wildman–Crippen MR) is 102 cm³/mol. The molecule has 1 aliphatic rings. The van der Waals surface area contributed by atoms with Gasteiger partial charge in [0.15, 0.2) is 0 Å². The molecule has 0 atom stereocenters. The summed E-state index contributed by atoms with van der Waals surface area (Å²) in [6, 6.07) is 10.5. The number of aromatic nitrogens is 3. The first-order valence-electron chi connectivity index (χ1n) is 9.71. The minimum absolute atomic E-state index is 0.00382. The maximum Gasteiger partial charge on any atom is 0.226 e. The van der Waals surface area contributed by atoms with Crippen molar-refractivity contribution in [3.63, 3.8) is 0 Å². The van der Waals surface area contributed by atoms with E-state index in [0.717, 1.165) is 23.6 Å². The van der Waals surface area contributed by atoms with Gasteiger partial charge in [-0.1, -0.05) is 49.1 Å². The van der Waals surface area contributed by atoms with Gasteiger partial charge in [-0.3, -0.25) is 4.79 Å². The van der Waals surface area contributed by atoms with E-state index in [9.17, 15) is 4.79 Å². The van der Waals surface area contributed by atoms with Gasteiger partial charge >= 0.3 is 0 Å². The van der Waals surface area contributed by atoms with Gasteiger partial charge in [0.25, 0.3) is 0 Å². The number of nitrogens with zero attached hydrogens (tertiary/aromatic N) is 3. The third kappa shape index (κ3) is 5.14. The van der Waals surface area contributed by atoms with Crippen molar-refractivity contribution in [1.82, 2.24) is 25.6 Å². The first kappa shape index (κ1) is 18.6. The molecule has 0 aliphatic heterocycles. The summed E-state index contributed by atoms with van der Waals surface area (Å²) in [6.07, 6.45) is 8.14. The molecule has 6 nitrogen and oxygen atoms in total. The highest BCUT2D eigenvalue weighted by Crippen LogP contribution is 2.16. The quantitative estimate of drug-likeness (QED) is 0.591. The molecule has 0 bridgehead atoms. The van der Waals surface area contributed by atoms with Crippen LogP contribution in [-0.2, 0) is 11.2 Å². The Kier molecular flexibility index (Phi) is 6.77. The van der Waals surface area contributed by atoms with Crippen LogP contribution >= 0.6 is 0 Å². The van der Waals surface area contributed by atoms with Crippen LogP contribution in [0.3, 0.4) is 0 Å². The van der Waals surface area contributed by atoms with E-state index >= 15 is 0 Å². The maximum atomic E-state index is 12.2.